The first kappa shape index (κ1) is 23.1. The lowest BCUT2D eigenvalue weighted by molar-refractivity contribution is 0.482. The number of ether oxygens (including phenoxy) is 1. The number of pyridine rings is 1. The molecule has 5 rings (SSSR count). The quantitative estimate of drug-likeness (QED) is 0.306. The molecule has 1 aliphatic rings. The van der Waals surface area contributed by atoms with Crippen LogP contribution in [-0.4, -0.2) is 14.7 Å². The van der Waals surface area contributed by atoms with Crippen molar-refractivity contribution in [2.24, 2.45) is 0 Å². The van der Waals surface area contributed by atoms with E-state index in [1.54, 1.807) is 0 Å². The van der Waals surface area contributed by atoms with Crippen LogP contribution in [0.3, 0.4) is 0 Å². The van der Waals surface area contributed by atoms with Crippen molar-refractivity contribution in [1.29, 1.82) is 0 Å². The Hall–Kier alpha value is -3.64. The molecule has 5 nitrogen and oxygen atoms in total. The highest BCUT2D eigenvalue weighted by Gasteiger charge is 2.42. The highest BCUT2D eigenvalue weighted by molar-refractivity contribution is 7.80. The molecular formula is C29H30N4OS. The first-order chi connectivity index (χ1) is 17.0. The van der Waals surface area contributed by atoms with Gasteiger partial charge < -0.3 is 19.5 Å². The lowest BCUT2D eigenvalue weighted by Gasteiger charge is -2.28. The second-order valence-electron chi connectivity index (χ2n) is 8.98. The van der Waals surface area contributed by atoms with Gasteiger partial charge in [0.05, 0.1) is 17.8 Å². The Bertz CT molecular complexity index is 1330. The first-order valence-electron chi connectivity index (χ1n) is 12.0. The van der Waals surface area contributed by atoms with E-state index < -0.39 is 0 Å². The predicted molar refractivity (Wildman–Crippen MR) is 145 cm³/mol. The molecule has 0 spiro atoms. The molecule has 1 aliphatic heterocycles. The second kappa shape index (κ2) is 9.55. The normalized spacial score (nSPS) is 17.5. The number of thiocarbonyl (C=S) groups is 1. The maximum Gasteiger partial charge on any atom is 0.174 e. The van der Waals surface area contributed by atoms with Crippen LogP contribution in [0.4, 0.5) is 5.69 Å². The summed E-state index contributed by atoms with van der Waals surface area (Å²) in [7, 11) is 0. The maximum absolute atomic E-state index is 6.05. The van der Waals surface area contributed by atoms with Gasteiger partial charge in [0.25, 0.3) is 0 Å². The van der Waals surface area contributed by atoms with E-state index in [0.29, 0.717) is 5.11 Å². The number of benzene rings is 2. The fourth-order valence-corrected chi connectivity index (χ4v) is 5.33. The summed E-state index contributed by atoms with van der Waals surface area (Å²) in [5.74, 6) is 1.61. The Balaban J connectivity index is 1.52. The number of nitrogens with zero attached hydrogens (tertiary/aromatic N) is 3. The molecule has 1 N–H and O–H groups in total. The minimum absolute atomic E-state index is 0.0206. The summed E-state index contributed by atoms with van der Waals surface area (Å²) in [5, 5.41) is 4.25. The zero-order valence-electron chi connectivity index (χ0n) is 20.5. The van der Waals surface area contributed by atoms with E-state index in [4.69, 9.17) is 17.0 Å². The van der Waals surface area contributed by atoms with Gasteiger partial charge in [0.15, 0.2) is 5.11 Å². The van der Waals surface area contributed by atoms with Gasteiger partial charge in [-0.1, -0.05) is 23.8 Å². The van der Waals surface area contributed by atoms with Crippen molar-refractivity contribution in [3.63, 3.8) is 0 Å². The van der Waals surface area contributed by atoms with Crippen LogP contribution in [0.1, 0.15) is 47.2 Å². The Morgan fingerprint density at radius 3 is 2.23 bits per heavy atom. The molecule has 178 valence electrons. The summed E-state index contributed by atoms with van der Waals surface area (Å²) in [5.41, 5.74) is 6.96. The van der Waals surface area contributed by atoms with E-state index in [-0.39, 0.29) is 12.1 Å². The van der Waals surface area contributed by atoms with Crippen LogP contribution in [0.25, 0.3) is 0 Å². The number of nitrogens with one attached hydrogen (secondary N) is 1. The molecule has 3 heterocycles. The van der Waals surface area contributed by atoms with Crippen molar-refractivity contribution >= 4 is 23.0 Å². The zero-order valence-corrected chi connectivity index (χ0v) is 21.3. The summed E-state index contributed by atoms with van der Waals surface area (Å²) < 4.78 is 8.40. The summed E-state index contributed by atoms with van der Waals surface area (Å²) in [6.07, 6.45) is 1.84. The molecule has 35 heavy (non-hydrogen) atoms. The first-order valence-corrected chi connectivity index (χ1v) is 12.4. The van der Waals surface area contributed by atoms with E-state index in [1.165, 1.54) is 22.5 Å². The van der Waals surface area contributed by atoms with Crippen molar-refractivity contribution in [2.75, 3.05) is 4.90 Å². The highest BCUT2D eigenvalue weighted by atomic mass is 32.1. The molecule has 0 aliphatic carbocycles. The van der Waals surface area contributed by atoms with Gasteiger partial charge in [0.1, 0.15) is 11.5 Å². The van der Waals surface area contributed by atoms with E-state index in [1.807, 2.05) is 54.7 Å². The molecule has 0 radical (unpaired) electrons. The third kappa shape index (κ3) is 4.42. The Morgan fingerprint density at radius 2 is 1.63 bits per heavy atom. The molecule has 4 aromatic rings. The SMILES string of the molecule is CCn1c(C)cc([C@H]2[C@@H](c3ccccn3)NC(=S)N2c2ccc(Oc3ccc(C)cc3)cc2)c1C. The van der Waals surface area contributed by atoms with Crippen molar-refractivity contribution < 1.29 is 4.74 Å². The van der Waals surface area contributed by atoms with Gasteiger partial charge in [-0.25, -0.2) is 0 Å². The topological polar surface area (TPSA) is 42.3 Å². The van der Waals surface area contributed by atoms with Gasteiger partial charge in [-0.3, -0.25) is 4.98 Å². The lowest BCUT2D eigenvalue weighted by atomic mass is 9.96. The number of aryl methyl sites for hydroxylation is 2. The van der Waals surface area contributed by atoms with Crippen LogP contribution in [-0.2, 0) is 6.54 Å². The zero-order chi connectivity index (χ0) is 24.5. The van der Waals surface area contributed by atoms with Crippen LogP contribution in [0, 0.1) is 20.8 Å². The number of hydrogen-bond donors (Lipinski definition) is 1. The summed E-state index contributed by atoms with van der Waals surface area (Å²) in [6.45, 7) is 9.54. The van der Waals surface area contributed by atoms with Crippen LogP contribution in [0.5, 0.6) is 11.5 Å². The van der Waals surface area contributed by atoms with E-state index in [9.17, 15) is 0 Å². The van der Waals surface area contributed by atoms with E-state index in [2.05, 4.69) is 71.7 Å². The molecule has 2 aromatic heterocycles. The Morgan fingerprint density at radius 1 is 0.943 bits per heavy atom. The average Bonchev–Trinajstić information content (AvgIpc) is 3.36. The molecule has 0 amide bonds. The van der Waals surface area contributed by atoms with Crippen molar-refractivity contribution in [1.82, 2.24) is 14.9 Å². The maximum atomic E-state index is 6.05. The van der Waals surface area contributed by atoms with Crippen molar-refractivity contribution in [3.8, 4) is 11.5 Å². The van der Waals surface area contributed by atoms with Gasteiger partial charge in [-0.2, -0.15) is 0 Å². The molecule has 1 saturated heterocycles. The standard InChI is InChI=1S/C29H30N4OS/c1-5-32-20(3)18-25(21(32)4)28-27(26-8-6-7-17-30-26)31-29(35)33(28)22-11-15-24(16-12-22)34-23-13-9-19(2)10-14-23/h6-18,27-28H,5H2,1-4H3,(H,31,35)/t27-,28+/m1/s1. The molecule has 2 aromatic carbocycles. The third-order valence-electron chi connectivity index (χ3n) is 6.72. The molecule has 0 bridgehead atoms. The number of anilines is 1. The number of hydrogen-bond acceptors (Lipinski definition) is 3. The molecule has 2 atom stereocenters. The summed E-state index contributed by atoms with van der Waals surface area (Å²) in [6, 6.07) is 24.5. The smallest absolute Gasteiger partial charge is 0.174 e. The van der Waals surface area contributed by atoms with Gasteiger partial charge in [0, 0.05) is 29.8 Å². The molecule has 1 fully saturated rings. The van der Waals surface area contributed by atoms with Crippen LogP contribution >= 0.6 is 12.2 Å². The summed E-state index contributed by atoms with van der Waals surface area (Å²) in [4.78, 5) is 6.88. The van der Waals surface area contributed by atoms with Gasteiger partial charge in [-0.15, -0.1) is 0 Å². The number of aromatic nitrogens is 2. The lowest BCUT2D eigenvalue weighted by Crippen LogP contribution is -2.29. The second-order valence-corrected chi connectivity index (χ2v) is 9.36. The largest absolute Gasteiger partial charge is 0.457 e. The highest BCUT2D eigenvalue weighted by Crippen LogP contribution is 2.43. The van der Waals surface area contributed by atoms with Gasteiger partial charge in [0.2, 0.25) is 0 Å². The van der Waals surface area contributed by atoms with Crippen molar-refractivity contribution in [2.45, 2.75) is 46.3 Å². The molecule has 6 heteroatoms. The molecule has 0 saturated carbocycles. The van der Waals surface area contributed by atoms with Crippen LogP contribution in [0.15, 0.2) is 79.0 Å². The predicted octanol–water partition coefficient (Wildman–Crippen LogP) is 6.80. The molecular weight excluding hydrogens is 452 g/mol. The number of rotatable bonds is 6. The minimum Gasteiger partial charge on any atom is -0.457 e. The third-order valence-corrected chi connectivity index (χ3v) is 7.03. The minimum atomic E-state index is -0.0574. The Labute approximate surface area is 212 Å². The van der Waals surface area contributed by atoms with Gasteiger partial charge in [-0.05, 0) is 100 Å². The fraction of sp³-hybridized carbons (Fsp3) is 0.241. The van der Waals surface area contributed by atoms with E-state index >= 15 is 0 Å². The Kier molecular flexibility index (Phi) is 6.31. The monoisotopic (exact) mass is 482 g/mol. The van der Waals surface area contributed by atoms with Gasteiger partial charge >= 0.3 is 0 Å². The van der Waals surface area contributed by atoms with Crippen molar-refractivity contribution in [3.05, 3.63) is 107 Å². The van der Waals surface area contributed by atoms with E-state index in [0.717, 1.165) is 29.4 Å². The fourth-order valence-electron chi connectivity index (χ4n) is 4.98. The van der Waals surface area contributed by atoms with Crippen LogP contribution in [0.2, 0.25) is 0 Å². The molecule has 0 unspecified atom stereocenters. The summed E-state index contributed by atoms with van der Waals surface area (Å²) >= 11 is 5.89. The average molecular weight is 483 g/mol. The van der Waals surface area contributed by atoms with Crippen LogP contribution < -0.4 is 15.0 Å².